The molecule has 0 unspecified atom stereocenters. The van der Waals surface area contributed by atoms with Crippen molar-refractivity contribution in [3.05, 3.63) is 58.6 Å². The Bertz CT molecular complexity index is 773. The summed E-state index contributed by atoms with van der Waals surface area (Å²) in [6, 6.07) is 13.3. The first-order valence-electron chi connectivity index (χ1n) is 8.58. The molecule has 1 fully saturated rings. The number of anilines is 1. The van der Waals surface area contributed by atoms with E-state index in [4.69, 9.17) is 21.1 Å². The van der Waals surface area contributed by atoms with Gasteiger partial charge in [-0.3, -0.25) is 4.79 Å². The quantitative estimate of drug-likeness (QED) is 0.803. The molecular formula is C20H23ClN2O3. The Labute approximate surface area is 159 Å². The molecule has 0 atom stereocenters. The van der Waals surface area contributed by atoms with Gasteiger partial charge in [-0.1, -0.05) is 17.7 Å². The van der Waals surface area contributed by atoms with E-state index in [1.165, 1.54) is 0 Å². The van der Waals surface area contributed by atoms with Crippen LogP contribution in [0.4, 0.5) is 5.69 Å². The Morgan fingerprint density at radius 2 is 1.85 bits per heavy atom. The number of benzene rings is 2. The zero-order valence-electron chi connectivity index (χ0n) is 15.1. The molecule has 1 amide bonds. The van der Waals surface area contributed by atoms with Crippen molar-refractivity contribution in [1.29, 1.82) is 0 Å². The van der Waals surface area contributed by atoms with Crippen LogP contribution in [-0.2, 0) is 11.3 Å². The van der Waals surface area contributed by atoms with Crippen molar-refractivity contribution in [3.63, 3.8) is 0 Å². The Hall–Kier alpha value is -2.24. The number of carbonyl (C=O) groups is 1. The van der Waals surface area contributed by atoms with E-state index in [0.29, 0.717) is 25.3 Å². The summed E-state index contributed by atoms with van der Waals surface area (Å²) >= 11 is 6.08. The van der Waals surface area contributed by atoms with Crippen molar-refractivity contribution in [2.75, 3.05) is 45.3 Å². The second kappa shape index (κ2) is 8.43. The highest BCUT2D eigenvalue weighted by Gasteiger charge is 2.23. The van der Waals surface area contributed by atoms with Gasteiger partial charge in [-0.2, -0.15) is 0 Å². The fourth-order valence-electron chi connectivity index (χ4n) is 3.20. The van der Waals surface area contributed by atoms with Gasteiger partial charge in [-0.15, -0.1) is 0 Å². The monoisotopic (exact) mass is 374 g/mol. The summed E-state index contributed by atoms with van der Waals surface area (Å²) in [6.45, 7) is 3.33. The molecule has 6 heteroatoms. The first-order chi connectivity index (χ1) is 12.6. The Balaban J connectivity index is 1.67. The number of amides is 1. The summed E-state index contributed by atoms with van der Waals surface area (Å²) in [5.41, 5.74) is 2.63. The minimum atomic E-state index is 0.0377. The number of piperazine rings is 1. The third-order valence-corrected chi connectivity index (χ3v) is 4.80. The Morgan fingerprint density at radius 1 is 1.08 bits per heavy atom. The average molecular weight is 375 g/mol. The summed E-state index contributed by atoms with van der Waals surface area (Å²) < 4.78 is 10.5. The molecule has 1 heterocycles. The number of halogens is 1. The molecule has 1 aliphatic heterocycles. The summed E-state index contributed by atoms with van der Waals surface area (Å²) in [5.74, 6) is 0.768. The third kappa shape index (κ3) is 4.11. The number of nitrogens with zero attached hydrogens (tertiary/aromatic N) is 2. The molecular weight excluding hydrogens is 352 g/mol. The Morgan fingerprint density at radius 3 is 2.50 bits per heavy atom. The van der Waals surface area contributed by atoms with Crippen molar-refractivity contribution >= 4 is 23.2 Å². The highest BCUT2D eigenvalue weighted by molar-refractivity contribution is 6.30. The van der Waals surface area contributed by atoms with E-state index in [1.54, 1.807) is 14.2 Å². The van der Waals surface area contributed by atoms with Gasteiger partial charge in [0.05, 0.1) is 13.7 Å². The van der Waals surface area contributed by atoms with Crippen LogP contribution in [-0.4, -0.2) is 51.2 Å². The van der Waals surface area contributed by atoms with Crippen LogP contribution in [0.5, 0.6) is 5.75 Å². The zero-order valence-corrected chi connectivity index (χ0v) is 15.8. The van der Waals surface area contributed by atoms with Crippen molar-refractivity contribution in [3.8, 4) is 5.75 Å². The van der Waals surface area contributed by atoms with E-state index in [2.05, 4.69) is 4.90 Å². The highest BCUT2D eigenvalue weighted by Crippen LogP contribution is 2.23. The van der Waals surface area contributed by atoms with Crippen molar-refractivity contribution in [1.82, 2.24) is 4.90 Å². The molecule has 1 aliphatic rings. The molecule has 1 saturated heterocycles. The minimum absolute atomic E-state index is 0.0377. The predicted molar refractivity (Wildman–Crippen MR) is 103 cm³/mol. The molecule has 0 aliphatic carbocycles. The smallest absolute Gasteiger partial charge is 0.253 e. The number of methoxy groups -OCH3 is 2. The van der Waals surface area contributed by atoms with E-state index in [9.17, 15) is 4.79 Å². The van der Waals surface area contributed by atoms with Gasteiger partial charge >= 0.3 is 0 Å². The maximum absolute atomic E-state index is 12.9. The minimum Gasteiger partial charge on any atom is -0.496 e. The number of hydrogen-bond acceptors (Lipinski definition) is 4. The van der Waals surface area contributed by atoms with Gasteiger partial charge in [0, 0.05) is 55.1 Å². The molecule has 26 heavy (non-hydrogen) atoms. The van der Waals surface area contributed by atoms with Crippen LogP contribution in [0.3, 0.4) is 0 Å². The molecule has 138 valence electrons. The van der Waals surface area contributed by atoms with Gasteiger partial charge in [-0.25, -0.2) is 0 Å². The van der Waals surface area contributed by atoms with Crippen molar-refractivity contribution in [2.45, 2.75) is 6.61 Å². The van der Waals surface area contributed by atoms with Crippen molar-refractivity contribution in [2.24, 2.45) is 0 Å². The van der Waals surface area contributed by atoms with Crippen molar-refractivity contribution < 1.29 is 14.3 Å². The highest BCUT2D eigenvalue weighted by atomic mass is 35.5. The van der Waals surface area contributed by atoms with E-state index in [0.717, 1.165) is 35.1 Å². The number of carbonyl (C=O) groups excluding carboxylic acids is 1. The van der Waals surface area contributed by atoms with Crippen LogP contribution in [0.1, 0.15) is 15.9 Å². The van der Waals surface area contributed by atoms with Gasteiger partial charge in [0.2, 0.25) is 0 Å². The zero-order chi connectivity index (χ0) is 18.5. The summed E-state index contributed by atoms with van der Waals surface area (Å²) in [5, 5.41) is 0.727. The fraction of sp³-hybridized carbons (Fsp3) is 0.350. The van der Waals surface area contributed by atoms with Gasteiger partial charge in [0.25, 0.3) is 5.91 Å². The van der Waals surface area contributed by atoms with Gasteiger partial charge in [-0.05, 0) is 36.4 Å². The topological polar surface area (TPSA) is 42.0 Å². The van der Waals surface area contributed by atoms with E-state index in [1.807, 2.05) is 47.4 Å². The Kier molecular flexibility index (Phi) is 6.01. The van der Waals surface area contributed by atoms with Crippen LogP contribution in [0.2, 0.25) is 5.02 Å². The van der Waals surface area contributed by atoms with Crippen LogP contribution in [0, 0.1) is 0 Å². The van der Waals surface area contributed by atoms with Gasteiger partial charge in [0.15, 0.2) is 0 Å². The molecule has 0 spiro atoms. The van der Waals surface area contributed by atoms with E-state index < -0.39 is 0 Å². The molecule has 2 aromatic rings. The largest absolute Gasteiger partial charge is 0.496 e. The van der Waals surface area contributed by atoms with Gasteiger partial charge in [0.1, 0.15) is 5.75 Å². The van der Waals surface area contributed by atoms with E-state index >= 15 is 0 Å². The van der Waals surface area contributed by atoms with Crippen LogP contribution < -0.4 is 9.64 Å². The molecule has 0 aromatic heterocycles. The van der Waals surface area contributed by atoms with Crippen LogP contribution >= 0.6 is 11.6 Å². The van der Waals surface area contributed by atoms with Crippen LogP contribution in [0.15, 0.2) is 42.5 Å². The average Bonchev–Trinajstić information content (AvgIpc) is 2.68. The van der Waals surface area contributed by atoms with E-state index in [-0.39, 0.29) is 5.91 Å². The number of ether oxygens (including phenoxy) is 2. The maximum atomic E-state index is 12.9. The molecule has 5 nitrogen and oxygen atoms in total. The molecule has 0 radical (unpaired) electrons. The molecule has 0 saturated carbocycles. The lowest BCUT2D eigenvalue weighted by molar-refractivity contribution is 0.0746. The SMILES string of the molecule is COCc1cc(C(=O)N2CCN(c3cccc(Cl)c3)CC2)ccc1OC. The molecule has 3 rings (SSSR count). The lowest BCUT2D eigenvalue weighted by atomic mass is 10.1. The summed E-state index contributed by atoms with van der Waals surface area (Å²) in [6.07, 6.45) is 0. The summed E-state index contributed by atoms with van der Waals surface area (Å²) in [4.78, 5) is 17.0. The molecule has 0 N–H and O–H groups in total. The molecule has 0 bridgehead atoms. The standard InChI is InChI=1S/C20H23ClN2O3/c1-25-14-16-12-15(6-7-19(16)26-2)20(24)23-10-8-22(9-11-23)18-5-3-4-17(21)13-18/h3-7,12-13H,8-11,14H2,1-2H3. The normalized spacial score (nSPS) is 14.4. The third-order valence-electron chi connectivity index (χ3n) is 4.57. The lowest BCUT2D eigenvalue weighted by Crippen LogP contribution is -2.48. The predicted octanol–water partition coefficient (Wildman–Crippen LogP) is 3.46. The fourth-order valence-corrected chi connectivity index (χ4v) is 3.39. The lowest BCUT2D eigenvalue weighted by Gasteiger charge is -2.36. The first-order valence-corrected chi connectivity index (χ1v) is 8.96. The number of hydrogen-bond donors (Lipinski definition) is 0. The second-order valence-electron chi connectivity index (χ2n) is 6.22. The first kappa shape index (κ1) is 18.5. The van der Waals surface area contributed by atoms with Gasteiger partial charge < -0.3 is 19.3 Å². The number of rotatable bonds is 5. The summed E-state index contributed by atoms with van der Waals surface area (Å²) in [7, 11) is 3.24. The maximum Gasteiger partial charge on any atom is 0.253 e. The van der Waals surface area contributed by atoms with Crippen LogP contribution in [0.25, 0.3) is 0 Å². The second-order valence-corrected chi connectivity index (χ2v) is 6.66. The molecule has 2 aromatic carbocycles.